The quantitative estimate of drug-likeness (QED) is 0.499. The molecule has 0 aliphatic carbocycles. The fourth-order valence-electron chi connectivity index (χ4n) is 3.20. The lowest BCUT2D eigenvalue weighted by molar-refractivity contribution is 0.613. The Morgan fingerprint density at radius 3 is 1.24 bits per heavy atom. The summed E-state index contributed by atoms with van der Waals surface area (Å²) in [4.78, 5) is 3.43. The highest BCUT2D eigenvalue weighted by Gasteiger charge is 2.34. The SMILES string of the molecule is O=S1(=O)C(c2cccs2)=CC=C1c1ccc(C2=CC=C(c3cccs3)S2(=O)=O)s1. The van der Waals surface area contributed by atoms with Gasteiger partial charge in [0.15, 0.2) is 0 Å². The van der Waals surface area contributed by atoms with Gasteiger partial charge >= 0.3 is 0 Å². The molecular weight excluding hydrogens is 465 g/mol. The van der Waals surface area contributed by atoms with Crippen molar-refractivity contribution < 1.29 is 16.8 Å². The molecule has 0 amide bonds. The third-order valence-electron chi connectivity index (χ3n) is 4.55. The summed E-state index contributed by atoms with van der Waals surface area (Å²) >= 11 is 3.92. The number of rotatable bonds is 4. The summed E-state index contributed by atoms with van der Waals surface area (Å²) in [7, 11) is -7.25. The fourth-order valence-corrected chi connectivity index (χ4v) is 9.98. The minimum atomic E-state index is -3.63. The van der Waals surface area contributed by atoms with Crippen LogP contribution in [0.1, 0.15) is 19.5 Å². The van der Waals surface area contributed by atoms with Crippen LogP contribution in [-0.2, 0) is 19.7 Å². The van der Waals surface area contributed by atoms with E-state index in [4.69, 9.17) is 0 Å². The first kappa shape index (κ1) is 19.0. The van der Waals surface area contributed by atoms with Crippen molar-refractivity contribution in [3.63, 3.8) is 0 Å². The molecule has 0 N–H and O–H groups in total. The van der Waals surface area contributed by atoms with E-state index < -0.39 is 19.7 Å². The zero-order chi connectivity index (χ0) is 20.2. The zero-order valence-electron chi connectivity index (χ0n) is 14.6. The minimum absolute atomic E-state index is 0.208. The van der Waals surface area contributed by atoms with Gasteiger partial charge in [0.2, 0.25) is 19.7 Å². The van der Waals surface area contributed by atoms with Crippen LogP contribution in [0.2, 0.25) is 0 Å². The van der Waals surface area contributed by atoms with Gasteiger partial charge in [-0.25, -0.2) is 16.8 Å². The van der Waals surface area contributed by atoms with Crippen LogP contribution >= 0.6 is 34.0 Å². The van der Waals surface area contributed by atoms with Crippen LogP contribution in [0.4, 0.5) is 0 Å². The van der Waals surface area contributed by atoms with Gasteiger partial charge in [-0.05, 0) is 59.3 Å². The highest BCUT2D eigenvalue weighted by atomic mass is 32.2. The minimum Gasteiger partial charge on any atom is -0.218 e. The second kappa shape index (κ2) is 6.75. The summed E-state index contributed by atoms with van der Waals surface area (Å²) in [5, 5.41) is 3.67. The Hall–Kier alpha value is -2.04. The summed E-state index contributed by atoms with van der Waals surface area (Å²) in [6.07, 6.45) is 6.40. The highest BCUT2D eigenvalue weighted by Crippen LogP contribution is 2.45. The molecule has 0 unspecified atom stereocenters. The maximum atomic E-state index is 13.0. The smallest absolute Gasteiger partial charge is 0.209 e. The maximum Gasteiger partial charge on any atom is 0.209 e. The Labute approximate surface area is 180 Å². The van der Waals surface area contributed by atoms with Gasteiger partial charge in [-0.3, -0.25) is 0 Å². The molecule has 0 radical (unpaired) electrons. The Morgan fingerprint density at radius 2 is 0.897 bits per heavy atom. The lowest BCUT2D eigenvalue weighted by Gasteiger charge is -2.05. The van der Waals surface area contributed by atoms with E-state index in [1.54, 1.807) is 48.6 Å². The van der Waals surface area contributed by atoms with E-state index in [1.165, 1.54) is 34.0 Å². The molecule has 3 aromatic heterocycles. The van der Waals surface area contributed by atoms with Crippen molar-refractivity contribution in [1.29, 1.82) is 0 Å². The fraction of sp³-hybridized carbons (Fsp3) is 0. The van der Waals surface area contributed by atoms with Gasteiger partial charge in [0.25, 0.3) is 0 Å². The zero-order valence-corrected chi connectivity index (χ0v) is 18.7. The van der Waals surface area contributed by atoms with Crippen molar-refractivity contribution in [2.24, 2.45) is 0 Å². The van der Waals surface area contributed by atoms with Crippen LogP contribution in [0.25, 0.3) is 19.6 Å². The molecule has 29 heavy (non-hydrogen) atoms. The Balaban J connectivity index is 1.46. The normalized spacial score (nSPS) is 19.6. The van der Waals surface area contributed by atoms with Crippen LogP contribution in [0.3, 0.4) is 0 Å². The molecule has 3 aromatic rings. The lowest BCUT2D eigenvalue weighted by atomic mass is 10.3. The number of sulfone groups is 2. The standard InChI is InChI=1S/C20H12O4S5/c21-28(22)17(13-3-1-11-25-13)7-9-19(28)15-5-6-16(27-15)20-10-8-18(29(20,23)24)14-4-2-12-26-14/h1-12H. The van der Waals surface area contributed by atoms with Crippen molar-refractivity contribution in [2.75, 3.05) is 0 Å². The first-order valence-corrected chi connectivity index (χ1v) is 14.0. The van der Waals surface area contributed by atoms with Crippen LogP contribution in [0, 0.1) is 0 Å². The van der Waals surface area contributed by atoms with E-state index in [1.807, 2.05) is 22.9 Å². The van der Waals surface area contributed by atoms with E-state index >= 15 is 0 Å². The second-order valence-corrected chi connectivity index (χ2v) is 13.0. The van der Waals surface area contributed by atoms with E-state index in [0.29, 0.717) is 19.5 Å². The molecule has 0 fully saturated rings. The first-order chi connectivity index (χ1) is 13.9. The monoisotopic (exact) mass is 476 g/mol. The first-order valence-electron chi connectivity index (χ1n) is 8.41. The van der Waals surface area contributed by atoms with Gasteiger partial charge in [-0.2, -0.15) is 0 Å². The average Bonchev–Trinajstić information content (AvgIpc) is 3.44. The molecule has 2 aliphatic rings. The summed E-state index contributed by atoms with van der Waals surface area (Å²) in [6.45, 7) is 0. The van der Waals surface area contributed by atoms with Gasteiger partial charge < -0.3 is 0 Å². The number of hydrogen-bond donors (Lipinski definition) is 0. The van der Waals surface area contributed by atoms with Crippen LogP contribution < -0.4 is 0 Å². The van der Waals surface area contributed by atoms with Crippen LogP contribution in [-0.4, -0.2) is 16.8 Å². The third-order valence-corrected chi connectivity index (χ3v) is 11.8. The molecule has 2 aliphatic heterocycles. The highest BCUT2D eigenvalue weighted by molar-refractivity contribution is 8.10. The summed E-state index contributed by atoms with van der Waals surface area (Å²) in [5.41, 5.74) is 0. The molecule has 4 nitrogen and oxygen atoms in total. The number of hydrogen-bond acceptors (Lipinski definition) is 7. The van der Waals surface area contributed by atoms with Crippen molar-refractivity contribution in [3.8, 4) is 0 Å². The molecule has 146 valence electrons. The van der Waals surface area contributed by atoms with Gasteiger partial charge in [0.05, 0.1) is 19.6 Å². The number of allylic oxidation sites excluding steroid dienone is 4. The molecule has 0 saturated carbocycles. The van der Waals surface area contributed by atoms with Gasteiger partial charge in [-0.15, -0.1) is 34.0 Å². The molecule has 0 saturated heterocycles. The van der Waals surface area contributed by atoms with E-state index in [-0.39, 0.29) is 19.6 Å². The summed E-state index contributed by atoms with van der Waals surface area (Å²) in [6, 6.07) is 10.5. The second-order valence-electron chi connectivity index (χ2n) is 6.25. The van der Waals surface area contributed by atoms with E-state index in [2.05, 4.69) is 0 Å². The largest absolute Gasteiger partial charge is 0.218 e. The third kappa shape index (κ3) is 2.96. The lowest BCUT2D eigenvalue weighted by Crippen LogP contribution is -2.00. The predicted molar refractivity (Wildman–Crippen MR) is 123 cm³/mol. The molecule has 5 rings (SSSR count). The van der Waals surface area contributed by atoms with Crippen molar-refractivity contribution in [2.45, 2.75) is 0 Å². The topological polar surface area (TPSA) is 68.3 Å². The van der Waals surface area contributed by atoms with Crippen molar-refractivity contribution >= 4 is 73.3 Å². The maximum absolute atomic E-state index is 13.0. The van der Waals surface area contributed by atoms with Crippen molar-refractivity contribution in [1.82, 2.24) is 0 Å². The molecule has 5 heterocycles. The van der Waals surface area contributed by atoms with Gasteiger partial charge in [0, 0.05) is 19.5 Å². The molecule has 0 spiro atoms. The van der Waals surface area contributed by atoms with E-state index in [9.17, 15) is 16.8 Å². The van der Waals surface area contributed by atoms with Gasteiger partial charge in [0.1, 0.15) is 0 Å². The van der Waals surface area contributed by atoms with Crippen molar-refractivity contribution in [3.05, 3.63) is 91.0 Å². The van der Waals surface area contributed by atoms with E-state index in [0.717, 1.165) is 0 Å². The summed E-state index contributed by atoms with van der Waals surface area (Å²) < 4.78 is 52.0. The molecule has 9 heteroatoms. The average molecular weight is 477 g/mol. The molecule has 0 bridgehead atoms. The molecule has 0 atom stereocenters. The van der Waals surface area contributed by atoms with Crippen LogP contribution in [0.5, 0.6) is 0 Å². The van der Waals surface area contributed by atoms with Crippen LogP contribution in [0.15, 0.2) is 71.5 Å². The summed E-state index contributed by atoms with van der Waals surface area (Å²) in [5.74, 6) is 0. The Kier molecular flexibility index (Phi) is 4.41. The Bertz CT molecular complexity index is 1330. The number of thiophene rings is 3. The Morgan fingerprint density at radius 1 is 0.517 bits per heavy atom. The van der Waals surface area contributed by atoms with Gasteiger partial charge in [-0.1, -0.05) is 12.1 Å². The molecular formula is C20H12O4S5. The molecule has 0 aromatic carbocycles. The predicted octanol–water partition coefficient (Wildman–Crippen LogP) is 5.49.